The lowest BCUT2D eigenvalue weighted by atomic mass is 9.43. The number of aliphatic hydroxyl groups excluding tert-OH is 3. The Hall–Kier alpha value is -1.18. The molecule has 11 atom stereocenters. The zero-order valence-electron chi connectivity index (χ0n) is 20.4. The normalized spacial score (nSPS) is 47.7. The predicted octanol–water partition coefficient (Wildman–Crippen LogP) is 2.56. The lowest BCUT2D eigenvalue weighted by Crippen LogP contribution is -2.62. The molecule has 5 N–H and O–H groups in total. The summed E-state index contributed by atoms with van der Waals surface area (Å²) in [5.74, 6) is 0.265. The van der Waals surface area contributed by atoms with Gasteiger partial charge in [0, 0.05) is 6.42 Å². The van der Waals surface area contributed by atoms with E-state index in [1.54, 1.807) is 0 Å². The summed E-state index contributed by atoms with van der Waals surface area (Å²) in [6, 6.07) is 0. The molecule has 188 valence electrons. The topological polar surface area (TPSA) is 127 Å². The maximum absolute atomic E-state index is 12.0. The van der Waals surface area contributed by atoms with Crippen LogP contribution in [0.2, 0.25) is 0 Å². The van der Waals surface area contributed by atoms with Crippen molar-refractivity contribution in [2.45, 2.75) is 96.9 Å². The first-order chi connectivity index (χ1) is 15.5. The quantitative estimate of drug-likeness (QED) is 0.410. The molecule has 0 aromatic heterocycles. The highest BCUT2D eigenvalue weighted by molar-refractivity contribution is 5.81. The van der Waals surface area contributed by atoms with Crippen LogP contribution in [0, 0.1) is 46.3 Å². The number of rotatable bonds is 6. The Morgan fingerprint density at radius 1 is 1.03 bits per heavy atom. The van der Waals surface area contributed by atoms with Crippen LogP contribution in [0.25, 0.3) is 0 Å². The van der Waals surface area contributed by atoms with Gasteiger partial charge in [0.1, 0.15) is 6.54 Å². The van der Waals surface area contributed by atoms with E-state index in [1.807, 2.05) is 0 Å². The van der Waals surface area contributed by atoms with Crippen LogP contribution in [0.15, 0.2) is 0 Å². The van der Waals surface area contributed by atoms with Gasteiger partial charge in [0.25, 0.3) is 0 Å². The molecule has 0 aromatic rings. The molecule has 4 aliphatic carbocycles. The average Bonchev–Trinajstić information content (AvgIpc) is 3.11. The van der Waals surface area contributed by atoms with Gasteiger partial charge in [0.05, 0.1) is 18.3 Å². The third kappa shape index (κ3) is 4.23. The Bertz CT molecular complexity index is 759. The number of carbonyl (C=O) groups excluding carboxylic acids is 1. The second kappa shape index (κ2) is 9.12. The van der Waals surface area contributed by atoms with Crippen LogP contribution in [-0.4, -0.2) is 57.2 Å². The van der Waals surface area contributed by atoms with Crippen LogP contribution in [0.1, 0.15) is 78.6 Å². The van der Waals surface area contributed by atoms with Crippen molar-refractivity contribution in [1.82, 2.24) is 5.32 Å². The number of hydrogen-bond acceptors (Lipinski definition) is 5. The van der Waals surface area contributed by atoms with E-state index >= 15 is 0 Å². The summed E-state index contributed by atoms with van der Waals surface area (Å²) < 4.78 is 0. The zero-order valence-corrected chi connectivity index (χ0v) is 20.4. The minimum absolute atomic E-state index is 0.0668. The smallest absolute Gasteiger partial charge is 0.322 e. The molecule has 0 aromatic carbocycles. The molecule has 0 heterocycles. The van der Waals surface area contributed by atoms with Crippen molar-refractivity contribution in [3.63, 3.8) is 0 Å². The van der Waals surface area contributed by atoms with Crippen LogP contribution in [-0.2, 0) is 9.59 Å². The number of hydrogen-bond donors (Lipinski definition) is 5. The summed E-state index contributed by atoms with van der Waals surface area (Å²) in [5, 5.41) is 44.4. The summed E-state index contributed by atoms with van der Waals surface area (Å²) in [5.41, 5.74) is -0.214. The van der Waals surface area contributed by atoms with E-state index in [4.69, 9.17) is 5.11 Å². The van der Waals surface area contributed by atoms with E-state index in [0.29, 0.717) is 25.2 Å². The molecule has 0 saturated heterocycles. The Morgan fingerprint density at radius 3 is 2.45 bits per heavy atom. The maximum atomic E-state index is 12.0. The molecule has 0 spiro atoms. The number of carboxylic acids is 1. The third-order valence-corrected chi connectivity index (χ3v) is 10.8. The van der Waals surface area contributed by atoms with Crippen molar-refractivity contribution >= 4 is 11.9 Å². The first-order valence-electron chi connectivity index (χ1n) is 13.0. The van der Waals surface area contributed by atoms with Gasteiger partial charge >= 0.3 is 5.97 Å². The van der Waals surface area contributed by atoms with Crippen molar-refractivity contribution in [1.29, 1.82) is 0 Å². The van der Waals surface area contributed by atoms with Gasteiger partial charge in [-0.05, 0) is 97.7 Å². The Kier molecular flexibility index (Phi) is 6.89. The second-order valence-corrected chi connectivity index (χ2v) is 12.2. The van der Waals surface area contributed by atoms with E-state index in [1.165, 1.54) is 0 Å². The molecule has 4 aliphatic rings. The monoisotopic (exact) mass is 465 g/mol. The zero-order chi connectivity index (χ0) is 24.1. The number of nitrogens with one attached hydrogen (secondary N) is 1. The third-order valence-electron chi connectivity index (χ3n) is 10.8. The molecule has 4 saturated carbocycles. The Labute approximate surface area is 197 Å². The summed E-state index contributed by atoms with van der Waals surface area (Å²) in [6.45, 7) is 6.35. The number of aliphatic hydroxyl groups is 3. The highest BCUT2D eigenvalue weighted by Gasteiger charge is 2.65. The molecule has 33 heavy (non-hydrogen) atoms. The summed E-state index contributed by atoms with van der Waals surface area (Å²) in [6.07, 6.45) is 5.86. The largest absolute Gasteiger partial charge is 0.480 e. The molecule has 0 aliphatic heterocycles. The number of amides is 1. The molecular formula is C26H43NO6. The summed E-state index contributed by atoms with van der Waals surface area (Å²) in [4.78, 5) is 22.7. The molecule has 1 amide bonds. The van der Waals surface area contributed by atoms with Crippen LogP contribution >= 0.6 is 0 Å². The fraction of sp³-hybridized carbons (Fsp3) is 0.923. The van der Waals surface area contributed by atoms with E-state index in [2.05, 4.69) is 26.1 Å². The predicted molar refractivity (Wildman–Crippen MR) is 123 cm³/mol. The van der Waals surface area contributed by atoms with E-state index < -0.39 is 12.1 Å². The van der Waals surface area contributed by atoms with E-state index in [-0.39, 0.29) is 65.1 Å². The van der Waals surface area contributed by atoms with Crippen molar-refractivity contribution < 1.29 is 30.0 Å². The molecule has 7 heteroatoms. The SMILES string of the molecule is C[C@H](CCC(=O)NCC(=O)O)[C@H]1CC[C@H]2[C@@H]3[C@@H](O)C[C@H]4C[C@@H](O)CC[C@]4(C)[C@H]3C[C@@H](O)[C@]12C. The van der Waals surface area contributed by atoms with Crippen molar-refractivity contribution in [2.24, 2.45) is 46.3 Å². The molecule has 4 fully saturated rings. The van der Waals surface area contributed by atoms with Gasteiger partial charge in [0.2, 0.25) is 5.91 Å². The fourth-order valence-corrected chi connectivity index (χ4v) is 8.95. The van der Waals surface area contributed by atoms with Gasteiger partial charge in [-0.15, -0.1) is 0 Å². The van der Waals surface area contributed by atoms with Crippen LogP contribution in [0.5, 0.6) is 0 Å². The summed E-state index contributed by atoms with van der Waals surface area (Å²) in [7, 11) is 0. The lowest BCUT2D eigenvalue weighted by Gasteiger charge is -2.63. The van der Waals surface area contributed by atoms with Crippen molar-refractivity contribution in [3.8, 4) is 0 Å². The minimum atomic E-state index is -1.04. The first-order valence-corrected chi connectivity index (χ1v) is 13.0. The van der Waals surface area contributed by atoms with Gasteiger partial charge < -0.3 is 25.7 Å². The second-order valence-electron chi connectivity index (χ2n) is 12.2. The van der Waals surface area contributed by atoms with Gasteiger partial charge in [0.15, 0.2) is 0 Å². The van der Waals surface area contributed by atoms with Gasteiger partial charge in [-0.3, -0.25) is 9.59 Å². The Morgan fingerprint density at radius 2 is 1.76 bits per heavy atom. The lowest BCUT2D eigenvalue weighted by molar-refractivity contribution is -0.207. The Balaban J connectivity index is 1.49. The first kappa shape index (κ1) is 24.9. The number of carbonyl (C=O) groups is 2. The highest BCUT2D eigenvalue weighted by atomic mass is 16.4. The highest BCUT2D eigenvalue weighted by Crippen LogP contribution is 2.68. The van der Waals surface area contributed by atoms with Crippen LogP contribution in [0.4, 0.5) is 0 Å². The molecule has 4 rings (SSSR count). The van der Waals surface area contributed by atoms with Crippen LogP contribution in [0.3, 0.4) is 0 Å². The number of fused-ring (bicyclic) bond motifs is 5. The standard InChI is InChI=1S/C26H43NO6/c1-14(4-7-22(31)27-13-23(32)33)17-5-6-18-24-19(12-21(30)26(17,18)3)25(2)9-8-16(28)10-15(25)11-20(24)29/h14-21,24,28-30H,4-13H2,1-3H3,(H,27,31)(H,32,33)/t14-,15-,16+,17-,18+,19+,20+,21-,24+,25+,26-/m1/s1. The number of carboxylic acid groups (broad SMARTS) is 1. The average molecular weight is 466 g/mol. The van der Waals surface area contributed by atoms with Gasteiger partial charge in [-0.1, -0.05) is 20.8 Å². The van der Waals surface area contributed by atoms with Crippen LogP contribution < -0.4 is 5.32 Å². The molecule has 0 bridgehead atoms. The molecule has 0 unspecified atom stereocenters. The maximum Gasteiger partial charge on any atom is 0.322 e. The molecule has 0 radical (unpaired) electrons. The molecular weight excluding hydrogens is 422 g/mol. The number of aliphatic carboxylic acids is 1. The molecule has 7 nitrogen and oxygen atoms in total. The van der Waals surface area contributed by atoms with E-state index in [9.17, 15) is 24.9 Å². The van der Waals surface area contributed by atoms with Crippen molar-refractivity contribution in [2.75, 3.05) is 6.54 Å². The van der Waals surface area contributed by atoms with E-state index in [0.717, 1.165) is 38.5 Å². The van der Waals surface area contributed by atoms with Gasteiger partial charge in [-0.2, -0.15) is 0 Å². The summed E-state index contributed by atoms with van der Waals surface area (Å²) >= 11 is 0. The fourth-order valence-electron chi connectivity index (χ4n) is 8.95. The van der Waals surface area contributed by atoms with Gasteiger partial charge in [-0.25, -0.2) is 0 Å². The van der Waals surface area contributed by atoms with Crippen molar-refractivity contribution in [3.05, 3.63) is 0 Å². The minimum Gasteiger partial charge on any atom is -0.480 e.